The highest BCUT2D eigenvalue weighted by molar-refractivity contribution is 4.89. The van der Waals surface area contributed by atoms with Crippen LogP contribution in [0, 0.1) is 5.92 Å². The van der Waals surface area contributed by atoms with Crippen molar-refractivity contribution >= 4 is 0 Å². The summed E-state index contributed by atoms with van der Waals surface area (Å²) in [5.74, 6) is 0.643. The molecule has 0 spiro atoms. The summed E-state index contributed by atoms with van der Waals surface area (Å²) < 4.78 is 0. The summed E-state index contributed by atoms with van der Waals surface area (Å²) in [4.78, 5) is 0. The van der Waals surface area contributed by atoms with E-state index in [4.69, 9.17) is 0 Å². The van der Waals surface area contributed by atoms with Gasteiger partial charge in [-0.1, -0.05) is 0 Å². The van der Waals surface area contributed by atoms with Crippen molar-refractivity contribution in [3.05, 3.63) is 0 Å². The summed E-state index contributed by atoms with van der Waals surface area (Å²) in [5.41, 5.74) is 0. The average molecular weight is 184 g/mol. The Labute approximate surface area is 79.9 Å². The molecule has 0 bridgehead atoms. The molecule has 3 atom stereocenters. The van der Waals surface area contributed by atoms with E-state index in [1.807, 2.05) is 0 Å². The second kappa shape index (κ2) is 4.40. The first-order chi connectivity index (χ1) is 6.38. The number of aliphatic hydroxyl groups is 1. The Hall–Kier alpha value is -0.120. The Balaban J connectivity index is 1.88. The van der Waals surface area contributed by atoms with Crippen molar-refractivity contribution in [2.45, 2.75) is 37.8 Å². The molecular weight excluding hydrogens is 164 g/mol. The molecule has 3 N–H and O–H groups in total. The van der Waals surface area contributed by atoms with Crippen molar-refractivity contribution in [2.24, 2.45) is 5.92 Å². The van der Waals surface area contributed by atoms with Crippen LogP contribution in [0.15, 0.2) is 0 Å². The van der Waals surface area contributed by atoms with Gasteiger partial charge in [0.15, 0.2) is 0 Å². The average Bonchev–Trinajstić information content (AvgIpc) is 2.20. The molecule has 0 radical (unpaired) electrons. The molecular formula is C10H20N2O. The number of rotatable bonds is 1. The van der Waals surface area contributed by atoms with Crippen molar-refractivity contribution in [2.75, 3.05) is 19.6 Å². The van der Waals surface area contributed by atoms with E-state index >= 15 is 0 Å². The lowest BCUT2D eigenvalue weighted by Gasteiger charge is -2.37. The van der Waals surface area contributed by atoms with Gasteiger partial charge < -0.3 is 15.7 Å². The highest BCUT2D eigenvalue weighted by Gasteiger charge is 2.30. The summed E-state index contributed by atoms with van der Waals surface area (Å²) >= 11 is 0. The summed E-state index contributed by atoms with van der Waals surface area (Å²) in [6.07, 6.45) is 4.52. The Bertz CT molecular complexity index is 157. The van der Waals surface area contributed by atoms with Gasteiger partial charge in [0.05, 0.1) is 6.10 Å². The second-order valence-corrected chi connectivity index (χ2v) is 4.30. The van der Waals surface area contributed by atoms with Crippen molar-refractivity contribution in [1.29, 1.82) is 0 Å². The van der Waals surface area contributed by atoms with E-state index in [0.717, 1.165) is 32.5 Å². The monoisotopic (exact) mass is 184 g/mol. The molecule has 2 rings (SSSR count). The predicted octanol–water partition coefficient (Wildman–Crippen LogP) is 0.0989. The predicted molar refractivity (Wildman–Crippen MR) is 52.6 cm³/mol. The first-order valence-electron chi connectivity index (χ1n) is 5.50. The molecule has 3 unspecified atom stereocenters. The summed E-state index contributed by atoms with van der Waals surface area (Å²) in [6.45, 7) is 3.31. The van der Waals surface area contributed by atoms with Crippen LogP contribution in [-0.4, -0.2) is 36.9 Å². The third-order valence-corrected chi connectivity index (χ3v) is 3.31. The van der Waals surface area contributed by atoms with Gasteiger partial charge in [0.1, 0.15) is 0 Å². The fraction of sp³-hybridized carbons (Fsp3) is 1.00. The summed E-state index contributed by atoms with van der Waals surface area (Å²) in [5, 5.41) is 16.7. The third kappa shape index (κ3) is 2.22. The maximum Gasteiger partial charge on any atom is 0.0696 e. The zero-order valence-electron chi connectivity index (χ0n) is 8.13. The molecule has 3 heteroatoms. The minimum atomic E-state index is -0.112. The largest absolute Gasteiger partial charge is 0.391 e. The number of hydrogen-bond donors (Lipinski definition) is 3. The van der Waals surface area contributed by atoms with Gasteiger partial charge in [-0.25, -0.2) is 0 Å². The molecule has 2 saturated heterocycles. The normalized spacial score (nSPS) is 41.8. The number of hydrogen-bond acceptors (Lipinski definition) is 3. The van der Waals surface area contributed by atoms with E-state index in [2.05, 4.69) is 10.6 Å². The minimum Gasteiger partial charge on any atom is -0.391 e. The van der Waals surface area contributed by atoms with Crippen LogP contribution in [0.2, 0.25) is 0 Å². The SMILES string of the molecule is OC1CCCNC1C1CCCNC1. The Morgan fingerprint density at radius 3 is 2.62 bits per heavy atom. The molecule has 2 fully saturated rings. The zero-order chi connectivity index (χ0) is 9.10. The molecule has 76 valence electrons. The van der Waals surface area contributed by atoms with Crippen molar-refractivity contribution < 1.29 is 5.11 Å². The van der Waals surface area contributed by atoms with Crippen LogP contribution >= 0.6 is 0 Å². The second-order valence-electron chi connectivity index (χ2n) is 4.30. The van der Waals surface area contributed by atoms with E-state index in [1.54, 1.807) is 0 Å². The van der Waals surface area contributed by atoms with Gasteiger partial charge >= 0.3 is 0 Å². The van der Waals surface area contributed by atoms with Gasteiger partial charge in [0.25, 0.3) is 0 Å². The topological polar surface area (TPSA) is 44.3 Å². The maximum atomic E-state index is 9.83. The smallest absolute Gasteiger partial charge is 0.0696 e. The highest BCUT2D eigenvalue weighted by Crippen LogP contribution is 2.21. The van der Waals surface area contributed by atoms with Crippen LogP contribution in [0.25, 0.3) is 0 Å². The minimum absolute atomic E-state index is 0.112. The molecule has 0 saturated carbocycles. The molecule has 0 aromatic carbocycles. The molecule has 0 amide bonds. The van der Waals surface area contributed by atoms with Crippen LogP contribution in [0.3, 0.4) is 0 Å². The lowest BCUT2D eigenvalue weighted by Crippen LogP contribution is -2.53. The maximum absolute atomic E-state index is 9.83. The molecule has 2 aliphatic heterocycles. The highest BCUT2D eigenvalue weighted by atomic mass is 16.3. The molecule has 3 nitrogen and oxygen atoms in total. The molecule has 0 aliphatic carbocycles. The van der Waals surface area contributed by atoms with E-state index in [-0.39, 0.29) is 6.10 Å². The van der Waals surface area contributed by atoms with Gasteiger partial charge in [-0.05, 0) is 51.2 Å². The Morgan fingerprint density at radius 2 is 1.92 bits per heavy atom. The lowest BCUT2D eigenvalue weighted by atomic mass is 9.85. The fourth-order valence-corrected chi connectivity index (χ4v) is 2.56. The van der Waals surface area contributed by atoms with Gasteiger partial charge in [-0.15, -0.1) is 0 Å². The van der Waals surface area contributed by atoms with Crippen LogP contribution < -0.4 is 10.6 Å². The molecule has 2 aliphatic rings. The summed E-state index contributed by atoms with van der Waals surface area (Å²) in [6, 6.07) is 0.349. The third-order valence-electron chi connectivity index (χ3n) is 3.31. The first-order valence-corrected chi connectivity index (χ1v) is 5.50. The zero-order valence-corrected chi connectivity index (χ0v) is 8.13. The van der Waals surface area contributed by atoms with Crippen molar-refractivity contribution in [3.8, 4) is 0 Å². The van der Waals surface area contributed by atoms with E-state index < -0.39 is 0 Å². The quantitative estimate of drug-likeness (QED) is 0.541. The Kier molecular flexibility index (Phi) is 3.19. The van der Waals surface area contributed by atoms with E-state index in [9.17, 15) is 5.11 Å². The molecule has 0 aromatic heterocycles. The van der Waals surface area contributed by atoms with Gasteiger partial charge in [0.2, 0.25) is 0 Å². The van der Waals surface area contributed by atoms with Gasteiger partial charge in [0, 0.05) is 6.04 Å². The fourth-order valence-electron chi connectivity index (χ4n) is 2.56. The number of piperidine rings is 2. The molecule has 0 aromatic rings. The summed E-state index contributed by atoms with van der Waals surface area (Å²) in [7, 11) is 0. The number of nitrogens with one attached hydrogen (secondary N) is 2. The van der Waals surface area contributed by atoms with Crippen molar-refractivity contribution in [1.82, 2.24) is 10.6 Å². The Morgan fingerprint density at radius 1 is 1.08 bits per heavy atom. The van der Waals surface area contributed by atoms with E-state index in [1.165, 1.54) is 12.8 Å². The van der Waals surface area contributed by atoms with Gasteiger partial charge in [-0.2, -0.15) is 0 Å². The van der Waals surface area contributed by atoms with Crippen LogP contribution in [0.5, 0.6) is 0 Å². The standard InChI is InChI=1S/C10H20N2O/c13-9-4-2-6-12-10(9)8-3-1-5-11-7-8/h8-13H,1-7H2. The van der Waals surface area contributed by atoms with E-state index in [0.29, 0.717) is 12.0 Å². The first kappa shape index (κ1) is 9.44. The molecule has 2 heterocycles. The van der Waals surface area contributed by atoms with Crippen LogP contribution in [0.1, 0.15) is 25.7 Å². The van der Waals surface area contributed by atoms with Crippen molar-refractivity contribution in [3.63, 3.8) is 0 Å². The lowest BCUT2D eigenvalue weighted by molar-refractivity contribution is 0.0609. The van der Waals surface area contributed by atoms with Crippen LogP contribution in [-0.2, 0) is 0 Å². The van der Waals surface area contributed by atoms with Crippen LogP contribution in [0.4, 0.5) is 0 Å². The number of aliphatic hydroxyl groups excluding tert-OH is 1. The molecule has 13 heavy (non-hydrogen) atoms. The van der Waals surface area contributed by atoms with Gasteiger partial charge in [-0.3, -0.25) is 0 Å².